The van der Waals surface area contributed by atoms with Gasteiger partial charge in [0, 0.05) is 6.42 Å². The molecule has 0 spiro atoms. The lowest BCUT2D eigenvalue weighted by atomic mass is 10.2. The molecule has 0 aliphatic carbocycles. The summed E-state index contributed by atoms with van der Waals surface area (Å²) in [4.78, 5) is 10.3. The van der Waals surface area contributed by atoms with Crippen LogP contribution in [-0.4, -0.2) is 5.78 Å². The number of rotatable bonds is 6. The Morgan fingerprint density at radius 2 is 1.85 bits per heavy atom. The predicted octanol–water partition coefficient (Wildman–Crippen LogP) is 4.13. The van der Waals surface area contributed by atoms with E-state index in [0.29, 0.717) is 5.78 Å². The largest absolute Gasteiger partial charge is 0.300 e. The Morgan fingerprint density at radius 1 is 1.23 bits per heavy atom. The zero-order valence-corrected chi connectivity index (χ0v) is 9.44. The van der Waals surface area contributed by atoms with Crippen molar-refractivity contribution in [2.24, 2.45) is 0 Å². The van der Waals surface area contributed by atoms with Gasteiger partial charge < -0.3 is 4.79 Å². The maximum atomic E-state index is 10.3. The summed E-state index contributed by atoms with van der Waals surface area (Å²) in [5.41, 5.74) is 0. The molecule has 0 aliphatic rings. The molecule has 0 aromatic rings. The molecule has 0 aromatic carbocycles. The number of hydrogen-bond acceptors (Lipinski definition) is 1. The first kappa shape index (κ1) is 14.9. The van der Waals surface area contributed by atoms with Crippen molar-refractivity contribution in [2.75, 3.05) is 0 Å². The maximum absolute atomic E-state index is 10.3. The van der Waals surface area contributed by atoms with Gasteiger partial charge in [0.2, 0.25) is 0 Å². The first-order chi connectivity index (χ1) is 6.18. The van der Waals surface area contributed by atoms with Gasteiger partial charge in [-0.2, -0.15) is 0 Å². The minimum absolute atomic E-state index is 0.318. The second kappa shape index (κ2) is 14.0. The Kier molecular flexibility index (Phi) is 16.0. The van der Waals surface area contributed by atoms with Crippen LogP contribution >= 0.6 is 0 Å². The molecule has 0 N–H and O–H groups in total. The highest BCUT2D eigenvalue weighted by molar-refractivity contribution is 5.75. The van der Waals surface area contributed by atoms with Crippen molar-refractivity contribution in [3.05, 3.63) is 12.7 Å². The highest BCUT2D eigenvalue weighted by Gasteiger charge is 1.89. The Hall–Kier alpha value is -0.590. The van der Waals surface area contributed by atoms with E-state index in [1.807, 2.05) is 6.08 Å². The van der Waals surface area contributed by atoms with Crippen molar-refractivity contribution in [2.45, 2.75) is 59.3 Å². The van der Waals surface area contributed by atoms with Crippen LogP contribution in [0, 0.1) is 0 Å². The fraction of sp³-hybridized carbons (Fsp3) is 0.750. The Morgan fingerprint density at radius 3 is 2.08 bits per heavy atom. The Bertz CT molecular complexity index is 116. The first-order valence-electron chi connectivity index (χ1n) is 5.29. The fourth-order valence-electron chi connectivity index (χ4n) is 0.828. The van der Waals surface area contributed by atoms with E-state index in [1.165, 1.54) is 19.3 Å². The Balaban J connectivity index is 0. The van der Waals surface area contributed by atoms with E-state index in [9.17, 15) is 4.79 Å². The lowest BCUT2D eigenvalue weighted by molar-refractivity contribution is -0.117. The van der Waals surface area contributed by atoms with Gasteiger partial charge >= 0.3 is 0 Å². The van der Waals surface area contributed by atoms with Crippen LogP contribution in [0.2, 0.25) is 0 Å². The second-order valence-corrected chi connectivity index (χ2v) is 3.24. The Labute approximate surface area is 83.2 Å². The van der Waals surface area contributed by atoms with Gasteiger partial charge in [-0.15, -0.1) is 6.58 Å². The van der Waals surface area contributed by atoms with E-state index in [0.717, 1.165) is 19.3 Å². The average Bonchev–Trinajstić information content (AvgIpc) is 2.07. The van der Waals surface area contributed by atoms with Crippen LogP contribution in [0.1, 0.15) is 59.3 Å². The summed E-state index contributed by atoms with van der Waals surface area (Å²) in [6, 6.07) is 0. The van der Waals surface area contributed by atoms with Crippen molar-refractivity contribution in [3.63, 3.8) is 0 Å². The molecule has 1 nitrogen and oxygen atoms in total. The molecule has 0 saturated heterocycles. The molecule has 0 saturated carbocycles. The summed E-state index contributed by atoms with van der Waals surface area (Å²) in [7, 11) is 0. The molecule has 0 radical (unpaired) electrons. The van der Waals surface area contributed by atoms with Gasteiger partial charge in [0.1, 0.15) is 5.78 Å². The average molecular weight is 184 g/mol. The zero-order valence-electron chi connectivity index (χ0n) is 9.44. The molecule has 0 aromatic heterocycles. The van der Waals surface area contributed by atoms with Crippen LogP contribution in [0.5, 0.6) is 0 Å². The summed E-state index contributed by atoms with van der Waals surface area (Å²) in [5.74, 6) is 0.318. The number of unbranched alkanes of at least 4 members (excludes halogenated alkanes) is 3. The number of allylic oxidation sites excluding steroid dienone is 1. The van der Waals surface area contributed by atoms with Gasteiger partial charge in [-0.1, -0.05) is 39.2 Å². The van der Waals surface area contributed by atoms with Crippen LogP contribution < -0.4 is 0 Å². The third-order valence-corrected chi connectivity index (χ3v) is 1.63. The van der Waals surface area contributed by atoms with Gasteiger partial charge in [0.05, 0.1) is 0 Å². The standard InChI is InChI=1S/C7H14O.C5H10/c1-3-4-5-6-7(2)8;1-3-5-4-2/h3-6H2,1-2H3;3H,1,4-5H2,2H3. The number of hydrogen-bond donors (Lipinski definition) is 0. The fourth-order valence-corrected chi connectivity index (χ4v) is 0.828. The highest BCUT2D eigenvalue weighted by Crippen LogP contribution is 1.98. The molecule has 0 heterocycles. The van der Waals surface area contributed by atoms with Gasteiger partial charge in [0.15, 0.2) is 0 Å². The smallest absolute Gasteiger partial charge is 0.129 e. The lowest BCUT2D eigenvalue weighted by Gasteiger charge is -1.90. The second-order valence-electron chi connectivity index (χ2n) is 3.24. The van der Waals surface area contributed by atoms with Gasteiger partial charge in [-0.05, 0) is 19.8 Å². The van der Waals surface area contributed by atoms with E-state index in [1.54, 1.807) is 6.92 Å². The van der Waals surface area contributed by atoms with Crippen molar-refractivity contribution in [1.82, 2.24) is 0 Å². The SMILES string of the molecule is C=CCCC.CCCCCC(C)=O. The number of ketones is 1. The van der Waals surface area contributed by atoms with E-state index < -0.39 is 0 Å². The van der Waals surface area contributed by atoms with Crippen LogP contribution in [0.15, 0.2) is 12.7 Å². The molecular weight excluding hydrogens is 160 g/mol. The topological polar surface area (TPSA) is 17.1 Å². The van der Waals surface area contributed by atoms with Crippen molar-refractivity contribution in [3.8, 4) is 0 Å². The zero-order chi connectivity index (χ0) is 10.5. The maximum Gasteiger partial charge on any atom is 0.129 e. The van der Waals surface area contributed by atoms with Crippen molar-refractivity contribution < 1.29 is 4.79 Å². The van der Waals surface area contributed by atoms with Gasteiger partial charge in [-0.25, -0.2) is 0 Å². The summed E-state index contributed by atoms with van der Waals surface area (Å²) in [6.45, 7) is 9.48. The van der Waals surface area contributed by atoms with E-state index in [-0.39, 0.29) is 0 Å². The molecule has 0 fully saturated rings. The van der Waals surface area contributed by atoms with Crippen LogP contribution in [0.4, 0.5) is 0 Å². The normalized spacial score (nSPS) is 8.54. The molecule has 0 atom stereocenters. The molecule has 0 rings (SSSR count). The summed E-state index contributed by atoms with van der Waals surface area (Å²) in [5, 5.41) is 0. The monoisotopic (exact) mass is 184 g/mol. The van der Waals surface area contributed by atoms with Crippen LogP contribution in [0.3, 0.4) is 0 Å². The number of carbonyl (C=O) groups is 1. The number of Topliss-reactive ketones (excluding diaryl/α,β-unsaturated/α-hetero) is 1. The first-order valence-corrected chi connectivity index (χ1v) is 5.29. The minimum Gasteiger partial charge on any atom is -0.300 e. The summed E-state index contributed by atoms with van der Waals surface area (Å²) >= 11 is 0. The molecule has 0 amide bonds. The lowest BCUT2D eigenvalue weighted by Crippen LogP contribution is -1.87. The molecule has 0 bridgehead atoms. The minimum atomic E-state index is 0.318. The van der Waals surface area contributed by atoms with Crippen LogP contribution in [0.25, 0.3) is 0 Å². The number of carbonyl (C=O) groups excluding carboxylic acids is 1. The summed E-state index contributed by atoms with van der Waals surface area (Å²) in [6.07, 6.45) is 8.55. The van der Waals surface area contributed by atoms with Gasteiger partial charge in [-0.3, -0.25) is 0 Å². The quantitative estimate of drug-likeness (QED) is 0.448. The predicted molar refractivity (Wildman–Crippen MR) is 59.9 cm³/mol. The van der Waals surface area contributed by atoms with E-state index >= 15 is 0 Å². The molecule has 0 unspecified atom stereocenters. The van der Waals surface area contributed by atoms with Crippen molar-refractivity contribution in [1.29, 1.82) is 0 Å². The molecule has 78 valence electrons. The van der Waals surface area contributed by atoms with E-state index in [4.69, 9.17) is 0 Å². The molecule has 13 heavy (non-hydrogen) atoms. The van der Waals surface area contributed by atoms with Crippen LogP contribution in [-0.2, 0) is 4.79 Å². The molecule has 1 heteroatoms. The highest BCUT2D eigenvalue weighted by atomic mass is 16.1. The third kappa shape index (κ3) is 24.6. The third-order valence-electron chi connectivity index (χ3n) is 1.63. The molecular formula is C12H24O. The summed E-state index contributed by atoms with van der Waals surface area (Å²) < 4.78 is 0. The van der Waals surface area contributed by atoms with Gasteiger partial charge in [0.25, 0.3) is 0 Å². The van der Waals surface area contributed by atoms with E-state index in [2.05, 4.69) is 20.4 Å². The molecule has 0 aliphatic heterocycles. The van der Waals surface area contributed by atoms with Crippen molar-refractivity contribution >= 4 is 5.78 Å².